The zero-order valence-electron chi connectivity index (χ0n) is 16.2. The molecule has 3 aromatic rings. The van der Waals surface area contributed by atoms with E-state index < -0.39 is 0 Å². The first kappa shape index (κ1) is 20.4. The molecule has 0 aliphatic carbocycles. The molecule has 28 heavy (non-hydrogen) atoms. The van der Waals surface area contributed by atoms with E-state index in [0.717, 1.165) is 48.5 Å². The predicted molar refractivity (Wildman–Crippen MR) is 115 cm³/mol. The van der Waals surface area contributed by atoms with Crippen LogP contribution < -0.4 is 5.32 Å². The summed E-state index contributed by atoms with van der Waals surface area (Å²) in [7, 11) is 1.95. The second kappa shape index (κ2) is 9.22. The number of benzene rings is 2. The number of halogens is 1. The monoisotopic (exact) mass is 398 g/mol. The molecule has 1 saturated heterocycles. The van der Waals surface area contributed by atoms with E-state index in [1.165, 1.54) is 0 Å². The highest BCUT2D eigenvalue weighted by Crippen LogP contribution is 2.23. The smallest absolute Gasteiger partial charge is 0.223 e. The fourth-order valence-corrected chi connectivity index (χ4v) is 4.08. The van der Waals surface area contributed by atoms with E-state index in [-0.39, 0.29) is 18.3 Å². The van der Waals surface area contributed by atoms with Crippen LogP contribution in [-0.4, -0.2) is 46.5 Å². The molecular weight excluding hydrogens is 372 g/mol. The normalized spacial score (nSPS) is 16.3. The molecule has 1 aromatic heterocycles. The number of carbonyl (C=O) groups is 1. The van der Waals surface area contributed by atoms with E-state index in [0.29, 0.717) is 18.9 Å². The third kappa shape index (κ3) is 4.05. The number of para-hydroxylation sites is 3. The van der Waals surface area contributed by atoms with Crippen molar-refractivity contribution in [2.24, 2.45) is 0 Å². The Bertz CT molecular complexity index is 925. The summed E-state index contributed by atoms with van der Waals surface area (Å²) in [6, 6.07) is 18.7. The van der Waals surface area contributed by atoms with E-state index in [4.69, 9.17) is 4.98 Å². The average Bonchev–Trinajstić information content (AvgIpc) is 3.31. The third-order valence-electron chi connectivity index (χ3n) is 5.34. The van der Waals surface area contributed by atoms with Crippen molar-refractivity contribution in [1.29, 1.82) is 0 Å². The Morgan fingerprint density at radius 3 is 2.68 bits per heavy atom. The lowest BCUT2D eigenvalue weighted by Crippen LogP contribution is -2.40. The van der Waals surface area contributed by atoms with Crippen LogP contribution >= 0.6 is 12.4 Å². The van der Waals surface area contributed by atoms with Gasteiger partial charge in [-0.2, -0.15) is 0 Å². The van der Waals surface area contributed by atoms with Gasteiger partial charge in [0, 0.05) is 37.7 Å². The number of carbonyl (C=O) groups excluding carboxylic acids is 1. The Kier molecular flexibility index (Phi) is 6.70. The third-order valence-corrected chi connectivity index (χ3v) is 5.34. The van der Waals surface area contributed by atoms with Crippen LogP contribution in [0.25, 0.3) is 16.7 Å². The van der Waals surface area contributed by atoms with Gasteiger partial charge in [0.25, 0.3) is 0 Å². The Labute approximate surface area is 172 Å². The maximum Gasteiger partial charge on any atom is 0.223 e. The minimum atomic E-state index is 0. The van der Waals surface area contributed by atoms with Gasteiger partial charge in [0.15, 0.2) is 0 Å². The summed E-state index contributed by atoms with van der Waals surface area (Å²) in [4.78, 5) is 19.7. The number of imidazole rings is 1. The molecule has 2 aromatic carbocycles. The van der Waals surface area contributed by atoms with E-state index in [9.17, 15) is 4.79 Å². The van der Waals surface area contributed by atoms with Gasteiger partial charge >= 0.3 is 0 Å². The Balaban J connectivity index is 0.00000225. The molecule has 0 radical (unpaired) electrons. The number of nitrogens with zero attached hydrogens (tertiary/aromatic N) is 3. The van der Waals surface area contributed by atoms with E-state index >= 15 is 0 Å². The topological polar surface area (TPSA) is 50.2 Å². The maximum atomic E-state index is 12.8. The first-order valence-corrected chi connectivity index (χ1v) is 9.74. The van der Waals surface area contributed by atoms with Gasteiger partial charge in [-0.3, -0.25) is 9.36 Å². The Morgan fingerprint density at radius 2 is 1.89 bits per heavy atom. The maximum absolute atomic E-state index is 12.8. The molecule has 148 valence electrons. The van der Waals surface area contributed by atoms with Gasteiger partial charge < -0.3 is 10.2 Å². The van der Waals surface area contributed by atoms with Crippen LogP contribution in [0.5, 0.6) is 0 Å². The number of likely N-dealkylation sites (N-methyl/N-ethyl adjacent to an activating group) is 1. The summed E-state index contributed by atoms with van der Waals surface area (Å²) in [6.45, 7) is 1.74. The molecule has 2 heterocycles. The quantitative estimate of drug-likeness (QED) is 0.690. The van der Waals surface area contributed by atoms with Crippen LogP contribution in [0, 0.1) is 0 Å². The highest BCUT2D eigenvalue weighted by molar-refractivity contribution is 5.85. The van der Waals surface area contributed by atoms with Gasteiger partial charge in [-0.25, -0.2) is 4.98 Å². The minimum absolute atomic E-state index is 0. The standard InChI is InChI=1S/C22H26N4O.ClH/c1-23-16-18-10-7-15-25(18)22(27)14-13-21-24-19-11-5-6-12-20(19)26(21)17-8-3-2-4-9-17;/h2-6,8-9,11-12,18,23H,7,10,13-16H2,1H3;1H. The number of aryl methyl sites for hydroxylation is 1. The molecular formula is C22H27ClN4O. The molecule has 0 bridgehead atoms. The van der Waals surface area contributed by atoms with Gasteiger partial charge in [0.05, 0.1) is 11.0 Å². The van der Waals surface area contributed by atoms with Gasteiger partial charge in [-0.05, 0) is 44.2 Å². The lowest BCUT2D eigenvalue weighted by molar-refractivity contribution is -0.131. The molecule has 0 saturated carbocycles. The average molecular weight is 399 g/mol. The molecule has 1 N–H and O–H groups in total. The molecule has 1 aliphatic rings. The number of aromatic nitrogens is 2. The number of rotatable bonds is 6. The summed E-state index contributed by atoms with van der Waals surface area (Å²) in [5.41, 5.74) is 3.14. The highest BCUT2D eigenvalue weighted by Gasteiger charge is 2.28. The molecule has 1 atom stereocenters. The van der Waals surface area contributed by atoms with Crippen molar-refractivity contribution >= 4 is 29.3 Å². The number of fused-ring (bicyclic) bond motifs is 1. The molecule has 4 rings (SSSR count). The second-order valence-corrected chi connectivity index (χ2v) is 7.13. The van der Waals surface area contributed by atoms with Gasteiger partial charge in [0.1, 0.15) is 5.82 Å². The molecule has 1 unspecified atom stereocenters. The van der Waals surface area contributed by atoms with E-state index in [2.05, 4.69) is 28.1 Å². The molecule has 1 amide bonds. The van der Waals surface area contributed by atoms with E-state index in [1.54, 1.807) is 0 Å². The molecule has 0 spiro atoms. The first-order valence-electron chi connectivity index (χ1n) is 9.74. The lowest BCUT2D eigenvalue weighted by atomic mass is 10.2. The largest absolute Gasteiger partial charge is 0.338 e. The van der Waals surface area contributed by atoms with Crippen molar-refractivity contribution in [3.05, 3.63) is 60.4 Å². The zero-order valence-corrected chi connectivity index (χ0v) is 17.0. The van der Waals surface area contributed by atoms with Crippen LogP contribution in [0.4, 0.5) is 0 Å². The summed E-state index contributed by atoms with van der Waals surface area (Å²) < 4.78 is 2.18. The van der Waals surface area contributed by atoms with Gasteiger partial charge in [-0.15, -0.1) is 12.4 Å². The van der Waals surface area contributed by atoms with Crippen molar-refractivity contribution in [3.63, 3.8) is 0 Å². The number of likely N-dealkylation sites (tertiary alicyclic amines) is 1. The van der Waals surface area contributed by atoms with Crippen molar-refractivity contribution in [1.82, 2.24) is 19.8 Å². The number of hydrogen-bond donors (Lipinski definition) is 1. The number of hydrogen-bond acceptors (Lipinski definition) is 3. The lowest BCUT2D eigenvalue weighted by Gasteiger charge is -2.24. The van der Waals surface area contributed by atoms with Crippen molar-refractivity contribution in [3.8, 4) is 5.69 Å². The van der Waals surface area contributed by atoms with Gasteiger partial charge in [-0.1, -0.05) is 30.3 Å². The minimum Gasteiger partial charge on any atom is -0.338 e. The highest BCUT2D eigenvalue weighted by atomic mass is 35.5. The number of nitrogens with one attached hydrogen (secondary N) is 1. The zero-order chi connectivity index (χ0) is 18.6. The van der Waals surface area contributed by atoms with Gasteiger partial charge in [0.2, 0.25) is 5.91 Å². The van der Waals surface area contributed by atoms with Crippen LogP contribution in [0.15, 0.2) is 54.6 Å². The van der Waals surface area contributed by atoms with Crippen LogP contribution in [0.2, 0.25) is 0 Å². The molecule has 1 aliphatic heterocycles. The fourth-order valence-electron chi connectivity index (χ4n) is 4.08. The van der Waals surface area contributed by atoms with Crippen molar-refractivity contribution in [2.45, 2.75) is 31.7 Å². The second-order valence-electron chi connectivity index (χ2n) is 7.13. The molecule has 6 heteroatoms. The summed E-state index contributed by atoms with van der Waals surface area (Å²) >= 11 is 0. The van der Waals surface area contributed by atoms with Crippen LogP contribution in [-0.2, 0) is 11.2 Å². The van der Waals surface area contributed by atoms with Crippen molar-refractivity contribution in [2.75, 3.05) is 20.1 Å². The summed E-state index contributed by atoms with van der Waals surface area (Å²) in [5.74, 6) is 1.18. The SMILES string of the molecule is CNCC1CCCN1C(=O)CCc1nc2ccccc2n1-c1ccccc1.Cl. The first-order chi connectivity index (χ1) is 13.3. The summed E-state index contributed by atoms with van der Waals surface area (Å²) in [5, 5.41) is 3.21. The Hall–Kier alpha value is -2.37. The van der Waals surface area contributed by atoms with Crippen LogP contribution in [0.3, 0.4) is 0 Å². The summed E-state index contributed by atoms with van der Waals surface area (Å²) in [6.07, 6.45) is 3.33. The fraction of sp³-hybridized carbons (Fsp3) is 0.364. The van der Waals surface area contributed by atoms with E-state index in [1.807, 2.05) is 48.3 Å². The molecule has 1 fully saturated rings. The Morgan fingerprint density at radius 1 is 1.14 bits per heavy atom. The van der Waals surface area contributed by atoms with Crippen LogP contribution in [0.1, 0.15) is 25.1 Å². The molecule has 5 nitrogen and oxygen atoms in total. The predicted octanol–water partition coefficient (Wildman–Crippen LogP) is 3.59. The van der Waals surface area contributed by atoms with Crippen molar-refractivity contribution < 1.29 is 4.79 Å². The number of amides is 1.